The van der Waals surface area contributed by atoms with E-state index in [1.165, 1.54) is 0 Å². The van der Waals surface area contributed by atoms with E-state index in [9.17, 15) is 13.2 Å². The number of unbranched alkanes of at least 4 members (excludes halogenated alkanes) is 3. The topological polar surface area (TPSA) is 23.5 Å². The van der Waals surface area contributed by atoms with Gasteiger partial charge in [0.15, 0.2) is 0 Å². The first-order chi connectivity index (χ1) is 8.04. The standard InChI is InChI=1S/C12H22F3NO/c13-12(14,15)11-6-5-8-16(10-11)7-3-1-2-4-9-17/h11,17H,1-10H2. The van der Waals surface area contributed by atoms with Gasteiger partial charge in [0, 0.05) is 13.2 Å². The molecule has 0 spiro atoms. The van der Waals surface area contributed by atoms with Crippen LogP contribution in [0.3, 0.4) is 0 Å². The first-order valence-corrected chi connectivity index (χ1v) is 6.44. The minimum atomic E-state index is -4.03. The summed E-state index contributed by atoms with van der Waals surface area (Å²) >= 11 is 0. The van der Waals surface area contributed by atoms with Gasteiger partial charge in [0.25, 0.3) is 0 Å². The van der Waals surface area contributed by atoms with Crippen molar-refractivity contribution in [3.05, 3.63) is 0 Å². The average molecular weight is 253 g/mol. The van der Waals surface area contributed by atoms with Gasteiger partial charge in [-0.05, 0) is 38.8 Å². The zero-order chi connectivity index (χ0) is 12.7. The Morgan fingerprint density at radius 3 is 2.47 bits per heavy atom. The second-order valence-electron chi connectivity index (χ2n) is 4.82. The van der Waals surface area contributed by atoms with Crippen LogP contribution in [0.5, 0.6) is 0 Å². The Bertz CT molecular complexity index is 208. The number of hydrogen-bond acceptors (Lipinski definition) is 2. The number of likely N-dealkylation sites (tertiary alicyclic amines) is 1. The third-order valence-corrected chi connectivity index (χ3v) is 3.35. The Morgan fingerprint density at radius 1 is 1.12 bits per heavy atom. The van der Waals surface area contributed by atoms with E-state index >= 15 is 0 Å². The van der Waals surface area contributed by atoms with E-state index in [-0.39, 0.29) is 19.6 Å². The van der Waals surface area contributed by atoms with E-state index in [1.54, 1.807) is 0 Å². The molecule has 1 atom stereocenters. The minimum absolute atomic E-state index is 0.170. The van der Waals surface area contributed by atoms with Crippen molar-refractivity contribution in [2.45, 2.75) is 44.7 Å². The van der Waals surface area contributed by atoms with Gasteiger partial charge in [-0.3, -0.25) is 0 Å². The predicted octanol–water partition coefficient (Wildman–Crippen LogP) is 2.81. The summed E-state index contributed by atoms with van der Waals surface area (Å²) in [6.45, 7) is 1.94. The summed E-state index contributed by atoms with van der Waals surface area (Å²) < 4.78 is 37.6. The molecule has 0 saturated carbocycles. The van der Waals surface area contributed by atoms with Crippen molar-refractivity contribution in [2.75, 3.05) is 26.2 Å². The molecule has 0 aliphatic carbocycles. The number of alkyl halides is 3. The van der Waals surface area contributed by atoms with Gasteiger partial charge in [0.1, 0.15) is 0 Å². The SMILES string of the molecule is OCCCCCCN1CCCC(C(F)(F)F)C1. The molecule has 0 aromatic carbocycles. The van der Waals surface area contributed by atoms with Crippen molar-refractivity contribution in [3.63, 3.8) is 0 Å². The third kappa shape index (κ3) is 5.73. The van der Waals surface area contributed by atoms with Crippen LogP contribution in [0, 0.1) is 5.92 Å². The number of hydrogen-bond donors (Lipinski definition) is 1. The molecular formula is C12H22F3NO. The van der Waals surface area contributed by atoms with Crippen molar-refractivity contribution in [3.8, 4) is 0 Å². The number of rotatable bonds is 6. The fourth-order valence-electron chi connectivity index (χ4n) is 2.33. The zero-order valence-corrected chi connectivity index (χ0v) is 10.2. The lowest BCUT2D eigenvalue weighted by molar-refractivity contribution is -0.186. The number of aliphatic hydroxyl groups is 1. The molecule has 102 valence electrons. The van der Waals surface area contributed by atoms with E-state index in [2.05, 4.69) is 0 Å². The third-order valence-electron chi connectivity index (χ3n) is 3.35. The molecule has 2 nitrogen and oxygen atoms in total. The molecule has 1 heterocycles. The van der Waals surface area contributed by atoms with Gasteiger partial charge in [0.2, 0.25) is 0 Å². The molecule has 0 aromatic rings. The van der Waals surface area contributed by atoms with Crippen LogP contribution in [-0.2, 0) is 0 Å². The number of aliphatic hydroxyl groups excluding tert-OH is 1. The highest BCUT2D eigenvalue weighted by atomic mass is 19.4. The van der Waals surface area contributed by atoms with Gasteiger partial charge in [-0.15, -0.1) is 0 Å². The summed E-state index contributed by atoms with van der Waals surface area (Å²) in [6, 6.07) is 0. The highest BCUT2D eigenvalue weighted by Crippen LogP contribution is 2.33. The molecule has 17 heavy (non-hydrogen) atoms. The largest absolute Gasteiger partial charge is 0.396 e. The van der Waals surface area contributed by atoms with E-state index in [0.29, 0.717) is 6.42 Å². The molecule has 1 fully saturated rings. The maximum absolute atomic E-state index is 12.5. The van der Waals surface area contributed by atoms with Crippen molar-refractivity contribution in [1.82, 2.24) is 4.90 Å². The second kappa shape index (κ2) is 7.21. The molecule has 0 bridgehead atoms. The monoisotopic (exact) mass is 253 g/mol. The summed E-state index contributed by atoms with van der Waals surface area (Å²) in [5.41, 5.74) is 0. The molecule has 0 radical (unpaired) electrons. The van der Waals surface area contributed by atoms with Gasteiger partial charge in [0.05, 0.1) is 5.92 Å². The fraction of sp³-hybridized carbons (Fsp3) is 1.00. The van der Waals surface area contributed by atoms with Crippen LogP contribution >= 0.6 is 0 Å². The van der Waals surface area contributed by atoms with Crippen LogP contribution in [0.4, 0.5) is 13.2 Å². The van der Waals surface area contributed by atoms with Crippen LogP contribution < -0.4 is 0 Å². The summed E-state index contributed by atoms with van der Waals surface area (Å²) in [4.78, 5) is 1.93. The van der Waals surface area contributed by atoms with Gasteiger partial charge >= 0.3 is 6.18 Å². The molecule has 1 rings (SSSR count). The second-order valence-corrected chi connectivity index (χ2v) is 4.82. The summed E-state index contributed by atoms with van der Waals surface area (Å²) in [6.07, 6.45) is 0.595. The molecule has 1 aliphatic rings. The van der Waals surface area contributed by atoms with Gasteiger partial charge < -0.3 is 10.0 Å². The van der Waals surface area contributed by atoms with Gasteiger partial charge in [-0.25, -0.2) is 0 Å². The Morgan fingerprint density at radius 2 is 1.82 bits per heavy atom. The lowest BCUT2D eigenvalue weighted by Gasteiger charge is -2.33. The van der Waals surface area contributed by atoms with Crippen molar-refractivity contribution < 1.29 is 18.3 Å². The molecule has 1 unspecified atom stereocenters. The summed E-state index contributed by atoms with van der Waals surface area (Å²) in [5, 5.41) is 8.60. The van der Waals surface area contributed by atoms with Crippen molar-refractivity contribution in [1.29, 1.82) is 0 Å². The van der Waals surface area contributed by atoms with Gasteiger partial charge in [-0.1, -0.05) is 12.8 Å². The normalized spacial score (nSPS) is 22.9. The van der Waals surface area contributed by atoms with E-state index in [1.807, 2.05) is 4.90 Å². The van der Waals surface area contributed by atoms with Crippen LogP contribution in [0.15, 0.2) is 0 Å². The van der Waals surface area contributed by atoms with E-state index in [0.717, 1.165) is 38.8 Å². The number of nitrogens with zero attached hydrogens (tertiary/aromatic N) is 1. The Balaban J connectivity index is 2.17. The highest BCUT2D eigenvalue weighted by Gasteiger charge is 2.41. The lowest BCUT2D eigenvalue weighted by atomic mass is 9.97. The molecular weight excluding hydrogens is 231 g/mol. The van der Waals surface area contributed by atoms with Crippen molar-refractivity contribution in [2.24, 2.45) is 5.92 Å². The lowest BCUT2D eigenvalue weighted by Crippen LogP contribution is -2.42. The van der Waals surface area contributed by atoms with Crippen LogP contribution in [0.1, 0.15) is 38.5 Å². The minimum Gasteiger partial charge on any atom is -0.396 e. The van der Waals surface area contributed by atoms with Crippen LogP contribution in [0.25, 0.3) is 0 Å². The summed E-state index contributed by atoms with van der Waals surface area (Å²) in [7, 11) is 0. The first-order valence-electron chi connectivity index (χ1n) is 6.44. The van der Waals surface area contributed by atoms with Crippen LogP contribution in [-0.4, -0.2) is 42.4 Å². The van der Waals surface area contributed by atoms with Gasteiger partial charge in [-0.2, -0.15) is 13.2 Å². The van der Waals surface area contributed by atoms with E-state index in [4.69, 9.17) is 5.11 Å². The fourth-order valence-corrected chi connectivity index (χ4v) is 2.33. The highest BCUT2D eigenvalue weighted by molar-refractivity contribution is 4.77. The zero-order valence-electron chi connectivity index (χ0n) is 10.2. The average Bonchev–Trinajstić information content (AvgIpc) is 2.28. The van der Waals surface area contributed by atoms with E-state index < -0.39 is 12.1 Å². The Kier molecular flexibility index (Phi) is 6.27. The van der Waals surface area contributed by atoms with Crippen LogP contribution in [0.2, 0.25) is 0 Å². The molecule has 5 heteroatoms. The number of halogens is 3. The smallest absolute Gasteiger partial charge is 0.393 e. The maximum Gasteiger partial charge on any atom is 0.393 e. The molecule has 1 N–H and O–H groups in total. The molecule has 0 aromatic heterocycles. The number of piperidine rings is 1. The predicted molar refractivity (Wildman–Crippen MR) is 60.8 cm³/mol. The Hall–Kier alpha value is -0.290. The molecule has 1 aliphatic heterocycles. The first kappa shape index (κ1) is 14.8. The molecule has 0 amide bonds. The van der Waals surface area contributed by atoms with Crippen molar-refractivity contribution >= 4 is 0 Å². The molecule has 1 saturated heterocycles. The summed E-state index contributed by atoms with van der Waals surface area (Å²) in [5.74, 6) is -1.13. The quantitative estimate of drug-likeness (QED) is 0.736. The maximum atomic E-state index is 12.5. The Labute approximate surface area is 101 Å².